The standard InChI is InChI=1S/C33H44N4O5/c1-8-11-21(5)30(38)35-29(20(3)4)31(39)34-22(6)32(40)37-17-10-12-28(36-37)33(41)42-23(7)26-16-15-25-14-13-24(9-2)18-27(25)19-26/h8-9,11,13-16,18-23,28-29,36H,2,10,12,17H2,1,3-7H3,(H,34,39)(H,35,38)/b11-8+/t21-,22-,23+,28-,29-/m0/s1. The second kappa shape index (κ2) is 14.8. The highest BCUT2D eigenvalue weighted by atomic mass is 16.5. The van der Waals surface area contributed by atoms with Crippen LogP contribution in [0.25, 0.3) is 16.8 Å². The summed E-state index contributed by atoms with van der Waals surface area (Å²) >= 11 is 0. The van der Waals surface area contributed by atoms with Gasteiger partial charge in [-0.15, -0.1) is 0 Å². The molecule has 0 bridgehead atoms. The number of carbonyl (C=O) groups excluding carboxylic acids is 4. The summed E-state index contributed by atoms with van der Waals surface area (Å²) in [5, 5.41) is 9.00. The molecule has 1 heterocycles. The third kappa shape index (κ3) is 8.28. The SMILES string of the molecule is C=Cc1ccc2ccc([C@@H](C)OC(=O)[C@@H]3CCCN(C(=O)[C@H](C)NC(=O)[C@@H](NC(=O)[C@@H](C)/C=C/C)C(C)C)N3)cc2c1. The number of esters is 1. The lowest BCUT2D eigenvalue weighted by Gasteiger charge is -2.35. The van der Waals surface area contributed by atoms with Crippen molar-refractivity contribution in [3.63, 3.8) is 0 Å². The average molecular weight is 577 g/mol. The molecule has 0 spiro atoms. The van der Waals surface area contributed by atoms with Crippen LogP contribution in [0, 0.1) is 11.8 Å². The summed E-state index contributed by atoms with van der Waals surface area (Å²) in [5.74, 6) is -2.10. The molecule has 0 radical (unpaired) electrons. The predicted molar refractivity (Wildman–Crippen MR) is 165 cm³/mol. The summed E-state index contributed by atoms with van der Waals surface area (Å²) in [6.07, 6.45) is 5.95. The van der Waals surface area contributed by atoms with Crippen molar-refractivity contribution < 1.29 is 23.9 Å². The second-order valence-corrected chi connectivity index (χ2v) is 11.2. The number of hydrazine groups is 1. The van der Waals surface area contributed by atoms with Crippen LogP contribution in [0.2, 0.25) is 0 Å². The van der Waals surface area contributed by atoms with E-state index in [1.165, 1.54) is 5.01 Å². The fourth-order valence-electron chi connectivity index (χ4n) is 4.90. The van der Waals surface area contributed by atoms with E-state index in [-0.39, 0.29) is 23.7 Å². The molecule has 2 aromatic carbocycles. The molecule has 3 N–H and O–H groups in total. The van der Waals surface area contributed by atoms with Crippen LogP contribution in [0.1, 0.15) is 71.6 Å². The molecule has 0 saturated carbocycles. The molecule has 1 aliphatic heterocycles. The molecular formula is C33H44N4O5. The molecular weight excluding hydrogens is 532 g/mol. The van der Waals surface area contributed by atoms with Crippen molar-refractivity contribution >= 4 is 40.5 Å². The summed E-state index contributed by atoms with van der Waals surface area (Å²) in [6.45, 7) is 14.9. The molecule has 42 heavy (non-hydrogen) atoms. The number of carbonyl (C=O) groups is 4. The minimum Gasteiger partial charge on any atom is -0.457 e. The minimum absolute atomic E-state index is 0.185. The van der Waals surface area contributed by atoms with Gasteiger partial charge in [-0.3, -0.25) is 24.2 Å². The maximum atomic E-state index is 13.2. The Morgan fingerprint density at radius 2 is 1.71 bits per heavy atom. The van der Waals surface area contributed by atoms with E-state index in [1.54, 1.807) is 32.1 Å². The van der Waals surface area contributed by atoms with Gasteiger partial charge >= 0.3 is 5.97 Å². The van der Waals surface area contributed by atoms with Crippen LogP contribution < -0.4 is 16.1 Å². The zero-order valence-corrected chi connectivity index (χ0v) is 25.5. The lowest BCUT2D eigenvalue weighted by Crippen LogP contribution is -2.61. The van der Waals surface area contributed by atoms with E-state index >= 15 is 0 Å². The number of allylic oxidation sites excluding steroid dienone is 1. The lowest BCUT2D eigenvalue weighted by molar-refractivity contribution is -0.157. The predicted octanol–water partition coefficient (Wildman–Crippen LogP) is 4.44. The largest absolute Gasteiger partial charge is 0.457 e. The highest BCUT2D eigenvalue weighted by molar-refractivity contribution is 5.93. The number of nitrogens with zero attached hydrogens (tertiary/aromatic N) is 1. The first kappa shape index (κ1) is 32.5. The van der Waals surface area contributed by atoms with Crippen molar-refractivity contribution in [1.82, 2.24) is 21.1 Å². The van der Waals surface area contributed by atoms with E-state index in [9.17, 15) is 19.2 Å². The van der Waals surface area contributed by atoms with Gasteiger partial charge in [-0.05, 0) is 73.6 Å². The number of hydrogen-bond acceptors (Lipinski definition) is 6. The first-order valence-corrected chi connectivity index (χ1v) is 14.6. The van der Waals surface area contributed by atoms with E-state index in [1.807, 2.05) is 64.1 Å². The first-order chi connectivity index (χ1) is 19.9. The van der Waals surface area contributed by atoms with Crippen LogP contribution in [0.4, 0.5) is 0 Å². The molecule has 9 nitrogen and oxygen atoms in total. The molecule has 5 atom stereocenters. The number of nitrogens with one attached hydrogen (secondary N) is 3. The third-order valence-corrected chi connectivity index (χ3v) is 7.49. The molecule has 3 amide bonds. The summed E-state index contributed by atoms with van der Waals surface area (Å²) in [7, 11) is 0. The summed E-state index contributed by atoms with van der Waals surface area (Å²) in [6, 6.07) is 9.64. The maximum Gasteiger partial charge on any atom is 0.325 e. The monoisotopic (exact) mass is 576 g/mol. The van der Waals surface area contributed by atoms with Crippen LogP contribution in [-0.4, -0.2) is 53.4 Å². The summed E-state index contributed by atoms with van der Waals surface area (Å²) in [4.78, 5) is 51.8. The average Bonchev–Trinajstić information content (AvgIpc) is 2.98. The quantitative estimate of drug-likeness (QED) is 0.269. The molecule has 0 unspecified atom stereocenters. The topological polar surface area (TPSA) is 117 Å². The van der Waals surface area contributed by atoms with E-state index in [0.29, 0.717) is 19.4 Å². The van der Waals surface area contributed by atoms with Crippen LogP contribution in [0.3, 0.4) is 0 Å². The van der Waals surface area contributed by atoms with Crippen molar-refractivity contribution in [2.75, 3.05) is 6.54 Å². The van der Waals surface area contributed by atoms with Crippen LogP contribution in [0.5, 0.6) is 0 Å². The van der Waals surface area contributed by atoms with E-state index in [0.717, 1.165) is 21.9 Å². The smallest absolute Gasteiger partial charge is 0.325 e. The van der Waals surface area contributed by atoms with Gasteiger partial charge in [0.2, 0.25) is 11.8 Å². The van der Waals surface area contributed by atoms with Crippen molar-refractivity contribution in [2.45, 2.75) is 78.6 Å². The molecule has 1 fully saturated rings. The van der Waals surface area contributed by atoms with Gasteiger partial charge in [0, 0.05) is 6.54 Å². The molecule has 9 heteroatoms. The second-order valence-electron chi connectivity index (χ2n) is 11.2. The van der Waals surface area contributed by atoms with Crippen LogP contribution in [0.15, 0.2) is 55.1 Å². The van der Waals surface area contributed by atoms with Gasteiger partial charge in [0.15, 0.2) is 0 Å². The zero-order chi connectivity index (χ0) is 31.0. The lowest BCUT2D eigenvalue weighted by atomic mass is 10.0. The molecule has 226 valence electrons. The van der Waals surface area contributed by atoms with Crippen molar-refractivity contribution in [1.29, 1.82) is 0 Å². The number of benzene rings is 2. The fourth-order valence-corrected chi connectivity index (χ4v) is 4.90. The highest BCUT2D eigenvalue weighted by Gasteiger charge is 2.34. The number of amides is 3. The van der Waals surface area contributed by atoms with Crippen LogP contribution >= 0.6 is 0 Å². The van der Waals surface area contributed by atoms with Gasteiger partial charge < -0.3 is 15.4 Å². The Morgan fingerprint density at radius 3 is 2.38 bits per heavy atom. The highest BCUT2D eigenvalue weighted by Crippen LogP contribution is 2.25. The van der Waals surface area contributed by atoms with Gasteiger partial charge in [-0.25, -0.2) is 5.43 Å². The number of hydrogen-bond donors (Lipinski definition) is 3. The Bertz CT molecular complexity index is 1340. The molecule has 0 aliphatic carbocycles. The zero-order valence-electron chi connectivity index (χ0n) is 25.5. The summed E-state index contributed by atoms with van der Waals surface area (Å²) in [5.41, 5.74) is 4.86. The molecule has 1 aliphatic rings. The van der Waals surface area contributed by atoms with E-state index in [2.05, 4.69) is 22.6 Å². The third-order valence-electron chi connectivity index (χ3n) is 7.49. The number of rotatable bonds is 11. The van der Waals surface area contributed by atoms with Crippen molar-refractivity contribution in [3.05, 3.63) is 66.3 Å². The number of ether oxygens (including phenoxy) is 1. The molecule has 1 saturated heterocycles. The maximum absolute atomic E-state index is 13.2. The Morgan fingerprint density at radius 1 is 1.00 bits per heavy atom. The number of fused-ring (bicyclic) bond motifs is 1. The fraction of sp³-hybridized carbons (Fsp3) is 0.455. The van der Waals surface area contributed by atoms with E-state index in [4.69, 9.17) is 4.74 Å². The van der Waals surface area contributed by atoms with Crippen molar-refractivity contribution in [2.24, 2.45) is 11.8 Å². The van der Waals surface area contributed by atoms with Gasteiger partial charge in [-0.1, -0.05) is 69.8 Å². The van der Waals surface area contributed by atoms with Gasteiger partial charge in [0.1, 0.15) is 24.2 Å². The first-order valence-electron chi connectivity index (χ1n) is 14.6. The van der Waals surface area contributed by atoms with Crippen LogP contribution in [-0.2, 0) is 23.9 Å². The minimum atomic E-state index is -0.872. The Hall–Kier alpha value is -3.98. The molecule has 0 aromatic heterocycles. The molecule has 2 aromatic rings. The van der Waals surface area contributed by atoms with Gasteiger partial charge in [0.25, 0.3) is 5.91 Å². The molecule has 3 rings (SSSR count). The Labute approximate surface area is 248 Å². The summed E-state index contributed by atoms with van der Waals surface area (Å²) < 4.78 is 5.79. The van der Waals surface area contributed by atoms with E-state index < -0.39 is 36.1 Å². The normalized spacial score (nSPS) is 18.3. The Kier molecular flexibility index (Phi) is 11.4. The van der Waals surface area contributed by atoms with Gasteiger partial charge in [-0.2, -0.15) is 0 Å². The van der Waals surface area contributed by atoms with Gasteiger partial charge in [0.05, 0.1) is 5.92 Å². The Balaban J connectivity index is 1.59. The van der Waals surface area contributed by atoms with Crippen molar-refractivity contribution in [3.8, 4) is 0 Å².